The molecule has 1 aliphatic heterocycles. The van der Waals surface area contributed by atoms with Gasteiger partial charge in [-0.05, 0) is 37.5 Å². The molecule has 1 heterocycles. The first-order valence-corrected chi connectivity index (χ1v) is 7.84. The minimum absolute atomic E-state index is 0.229. The number of anilines is 1. The number of aliphatic carboxylic acids is 1. The summed E-state index contributed by atoms with van der Waals surface area (Å²) in [5.41, 5.74) is 1.52. The summed E-state index contributed by atoms with van der Waals surface area (Å²) in [5.74, 6) is -0.556. The Hall–Kier alpha value is -1.76. The largest absolute Gasteiger partial charge is 0.495 e. The summed E-state index contributed by atoms with van der Waals surface area (Å²) in [6.45, 7) is 2.78. The van der Waals surface area contributed by atoms with E-state index in [1.165, 1.54) is 0 Å². The van der Waals surface area contributed by atoms with Crippen molar-refractivity contribution in [3.63, 3.8) is 0 Å². The first kappa shape index (κ1) is 16.6. The highest BCUT2D eigenvalue weighted by atomic mass is 79.9. The van der Waals surface area contributed by atoms with Crippen LogP contribution in [0.3, 0.4) is 0 Å². The highest BCUT2D eigenvalue weighted by Crippen LogP contribution is 2.32. The van der Waals surface area contributed by atoms with Crippen LogP contribution in [0, 0.1) is 12.8 Å². The second-order valence-electron chi connectivity index (χ2n) is 5.33. The van der Waals surface area contributed by atoms with Gasteiger partial charge >= 0.3 is 12.0 Å². The lowest BCUT2D eigenvalue weighted by atomic mass is 9.97. The maximum Gasteiger partial charge on any atom is 0.321 e. The van der Waals surface area contributed by atoms with Crippen LogP contribution in [0.4, 0.5) is 10.5 Å². The zero-order valence-electron chi connectivity index (χ0n) is 12.6. The van der Waals surface area contributed by atoms with Gasteiger partial charge in [0.15, 0.2) is 0 Å². The SMILES string of the molecule is COc1cc(Br)cc(C)c1NC(=O)N1CCC(C(=O)O)CC1. The Morgan fingerprint density at radius 1 is 1.36 bits per heavy atom. The lowest BCUT2D eigenvalue weighted by molar-refractivity contribution is -0.143. The quantitative estimate of drug-likeness (QED) is 0.856. The molecule has 0 aromatic heterocycles. The van der Waals surface area contributed by atoms with E-state index in [0.717, 1.165) is 10.0 Å². The number of likely N-dealkylation sites (tertiary alicyclic amines) is 1. The molecule has 0 atom stereocenters. The fourth-order valence-electron chi connectivity index (χ4n) is 2.55. The predicted octanol–water partition coefficient (Wildman–Crippen LogP) is 3.09. The number of halogens is 1. The molecule has 6 nitrogen and oxygen atoms in total. The van der Waals surface area contributed by atoms with Crippen LogP contribution in [0.25, 0.3) is 0 Å². The number of methoxy groups -OCH3 is 1. The number of carboxylic acids is 1. The molecular weight excluding hydrogens is 352 g/mol. The van der Waals surface area contributed by atoms with Gasteiger partial charge in [-0.2, -0.15) is 0 Å². The van der Waals surface area contributed by atoms with E-state index in [2.05, 4.69) is 21.2 Å². The number of benzene rings is 1. The van der Waals surface area contributed by atoms with E-state index >= 15 is 0 Å². The summed E-state index contributed by atoms with van der Waals surface area (Å²) in [6, 6.07) is 3.46. The second kappa shape index (κ2) is 7.00. The molecule has 1 aromatic carbocycles. The van der Waals surface area contributed by atoms with Crippen molar-refractivity contribution < 1.29 is 19.4 Å². The van der Waals surface area contributed by atoms with Crippen LogP contribution in [0.15, 0.2) is 16.6 Å². The average molecular weight is 371 g/mol. The number of hydrogen-bond acceptors (Lipinski definition) is 3. The minimum Gasteiger partial charge on any atom is -0.495 e. The number of carboxylic acid groups (broad SMARTS) is 1. The Bertz CT molecular complexity index is 583. The van der Waals surface area contributed by atoms with Crippen molar-refractivity contribution in [2.45, 2.75) is 19.8 Å². The molecule has 2 N–H and O–H groups in total. The first-order chi connectivity index (χ1) is 10.4. The van der Waals surface area contributed by atoms with Gasteiger partial charge in [-0.3, -0.25) is 4.79 Å². The Morgan fingerprint density at radius 2 is 2.00 bits per heavy atom. The summed E-state index contributed by atoms with van der Waals surface area (Å²) in [5, 5.41) is 11.9. The summed E-state index contributed by atoms with van der Waals surface area (Å²) in [4.78, 5) is 24.9. The first-order valence-electron chi connectivity index (χ1n) is 7.05. The second-order valence-corrected chi connectivity index (χ2v) is 6.25. The minimum atomic E-state index is -0.787. The van der Waals surface area contributed by atoms with E-state index in [4.69, 9.17) is 9.84 Å². The van der Waals surface area contributed by atoms with Gasteiger partial charge in [0.1, 0.15) is 5.75 Å². The van der Waals surface area contributed by atoms with Gasteiger partial charge in [0.2, 0.25) is 0 Å². The van der Waals surface area contributed by atoms with E-state index in [1.54, 1.807) is 18.1 Å². The van der Waals surface area contributed by atoms with Gasteiger partial charge in [0.05, 0.1) is 18.7 Å². The van der Waals surface area contributed by atoms with Crippen LogP contribution < -0.4 is 10.1 Å². The number of piperidine rings is 1. The zero-order valence-corrected chi connectivity index (χ0v) is 14.1. The van der Waals surface area contributed by atoms with Crippen LogP contribution in [-0.4, -0.2) is 42.2 Å². The van der Waals surface area contributed by atoms with Gasteiger partial charge in [-0.1, -0.05) is 15.9 Å². The topological polar surface area (TPSA) is 78.9 Å². The summed E-state index contributed by atoms with van der Waals surface area (Å²) in [7, 11) is 1.55. The Morgan fingerprint density at radius 3 is 2.55 bits per heavy atom. The molecule has 0 unspecified atom stereocenters. The highest BCUT2D eigenvalue weighted by molar-refractivity contribution is 9.10. The van der Waals surface area contributed by atoms with Crippen molar-refractivity contribution >= 4 is 33.6 Å². The molecule has 0 radical (unpaired) electrons. The molecule has 2 amide bonds. The molecule has 2 rings (SSSR count). The van der Waals surface area contributed by atoms with E-state index in [0.29, 0.717) is 37.4 Å². The average Bonchev–Trinajstić information content (AvgIpc) is 2.49. The fraction of sp³-hybridized carbons (Fsp3) is 0.467. The van der Waals surface area contributed by atoms with Crippen LogP contribution in [0.1, 0.15) is 18.4 Å². The maximum atomic E-state index is 12.3. The number of amides is 2. The van der Waals surface area contributed by atoms with Gasteiger partial charge < -0.3 is 20.1 Å². The lowest BCUT2D eigenvalue weighted by Gasteiger charge is -2.30. The van der Waals surface area contributed by atoms with Crippen LogP contribution >= 0.6 is 15.9 Å². The number of nitrogens with one attached hydrogen (secondary N) is 1. The van der Waals surface area contributed by atoms with E-state index in [-0.39, 0.29) is 11.9 Å². The van der Waals surface area contributed by atoms with Crippen molar-refractivity contribution in [2.24, 2.45) is 5.92 Å². The van der Waals surface area contributed by atoms with Crippen molar-refractivity contribution in [3.8, 4) is 5.75 Å². The van der Waals surface area contributed by atoms with Crippen LogP contribution in [-0.2, 0) is 4.79 Å². The van der Waals surface area contributed by atoms with Gasteiger partial charge in [-0.25, -0.2) is 4.79 Å². The number of rotatable bonds is 3. The van der Waals surface area contributed by atoms with E-state index < -0.39 is 5.97 Å². The van der Waals surface area contributed by atoms with Crippen molar-refractivity contribution in [3.05, 3.63) is 22.2 Å². The predicted molar refractivity (Wildman–Crippen MR) is 86.4 cm³/mol. The molecule has 1 fully saturated rings. The van der Waals surface area contributed by atoms with Crippen molar-refractivity contribution in [2.75, 3.05) is 25.5 Å². The summed E-state index contributed by atoms with van der Waals surface area (Å²) in [6.07, 6.45) is 0.971. The molecule has 1 aromatic rings. The molecule has 0 aliphatic carbocycles. The normalized spacial score (nSPS) is 15.5. The third kappa shape index (κ3) is 3.71. The van der Waals surface area contributed by atoms with Crippen molar-refractivity contribution in [1.29, 1.82) is 0 Å². The van der Waals surface area contributed by atoms with Gasteiger partial charge in [-0.15, -0.1) is 0 Å². The molecular formula is C15H19BrN2O4. The maximum absolute atomic E-state index is 12.3. The molecule has 22 heavy (non-hydrogen) atoms. The standard InChI is InChI=1S/C15H19BrN2O4/c1-9-7-11(16)8-12(22-2)13(9)17-15(21)18-5-3-10(4-6-18)14(19)20/h7-8,10H,3-6H2,1-2H3,(H,17,21)(H,19,20). The highest BCUT2D eigenvalue weighted by Gasteiger charge is 2.27. The molecule has 1 saturated heterocycles. The smallest absolute Gasteiger partial charge is 0.321 e. The fourth-order valence-corrected chi connectivity index (χ4v) is 3.10. The molecule has 0 spiro atoms. The molecule has 120 valence electrons. The number of carbonyl (C=O) groups excluding carboxylic acids is 1. The Balaban J connectivity index is 2.06. The third-order valence-electron chi connectivity index (χ3n) is 3.85. The Kier molecular flexibility index (Phi) is 5.28. The number of carbonyl (C=O) groups is 2. The third-order valence-corrected chi connectivity index (χ3v) is 4.31. The monoisotopic (exact) mass is 370 g/mol. The molecule has 0 bridgehead atoms. The van der Waals surface area contributed by atoms with Crippen molar-refractivity contribution in [1.82, 2.24) is 4.90 Å². The lowest BCUT2D eigenvalue weighted by Crippen LogP contribution is -2.42. The zero-order chi connectivity index (χ0) is 16.3. The van der Waals surface area contributed by atoms with Gasteiger partial charge in [0, 0.05) is 17.6 Å². The number of aryl methyl sites for hydroxylation is 1. The number of hydrogen-bond donors (Lipinski definition) is 2. The molecule has 0 saturated carbocycles. The van der Waals surface area contributed by atoms with Crippen LogP contribution in [0.2, 0.25) is 0 Å². The number of ether oxygens (including phenoxy) is 1. The van der Waals surface area contributed by atoms with Gasteiger partial charge in [0.25, 0.3) is 0 Å². The summed E-state index contributed by atoms with van der Waals surface area (Å²) < 4.78 is 6.18. The van der Waals surface area contributed by atoms with Crippen LogP contribution in [0.5, 0.6) is 5.75 Å². The van der Waals surface area contributed by atoms with E-state index in [9.17, 15) is 9.59 Å². The number of nitrogens with zero attached hydrogens (tertiary/aromatic N) is 1. The Labute approximate surface area is 137 Å². The molecule has 7 heteroatoms. The van der Waals surface area contributed by atoms with E-state index in [1.807, 2.05) is 13.0 Å². The number of urea groups is 1. The molecule has 1 aliphatic rings. The summed E-state index contributed by atoms with van der Waals surface area (Å²) >= 11 is 3.39.